The smallest absolute Gasteiger partial charge is 0.226 e. The first-order valence-corrected chi connectivity index (χ1v) is 9.15. The zero-order valence-electron chi connectivity index (χ0n) is 14.3. The average molecular weight is 349 g/mol. The average Bonchev–Trinajstić information content (AvgIpc) is 3.22. The second kappa shape index (κ2) is 7.40. The van der Waals surface area contributed by atoms with Gasteiger partial charge in [0.05, 0.1) is 23.6 Å². The Kier molecular flexibility index (Phi) is 5.25. The monoisotopic (exact) mass is 349 g/mol. The summed E-state index contributed by atoms with van der Waals surface area (Å²) in [6.07, 6.45) is 2.30. The van der Waals surface area contributed by atoms with E-state index in [1.165, 1.54) is 0 Å². The van der Waals surface area contributed by atoms with Crippen LogP contribution >= 0.6 is 11.3 Å². The van der Waals surface area contributed by atoms with Crippen LogP contribution in [0, 0.1) is 5.92 Å². The Morgan fingerprint density at radius 2 is 2.29 bits per heavy atom. The van der Waals surface area contributed by atoms with Gasteiger partial charge in [0, 0.05) is 31.4 Å². The molecular weight excluding hydrogens is 326 g/mol. The summed E-state index contributed by atoms with van der Waals surface area (Å²) in [7, 11) is 1.84. The lowest BCUT2D eigenvalue weighted by atomic mass is 9.89. The maximum absolute atomic E-state index is 12.7. The number of hydrogen-bond donors (Lipinski definition) is 1. The minimum absolute atomic E-state index is 0.00121. The number of aryl methyl sites for hydroxylation is 1. The number of carbonyl (C=O) groups excluding carboxylic acids is 1. The third-order valence-electron chi connectivity index (χ3n) is 4.33. The van der Waals surface area contributed by atoms with Crippen LogP contribution in [-0.2, 0) is 28.9 Å². The van der Waals surface area contributed by atoms with Gasteiger partial charge in [-0.1, -0.05) is 0 Å². The Morgan fingerprint density at radius 3 is 3.08 bits per heavy atom. The number of carbonyl (C=O) groups is 1. The molecular formula is C16H23N5O2S. The van der Waals surface area contributed by atoms with Crippen LogP contribution < -0.4 is 0 Å². The van der Waals surface area contributed by atoms with E-state index < -0.39 is 0 Å². The predicted molar refractivity (Wildman–Crippen MR) is 90.5 cm³/mol. The first-order chi connectivity index (χ1) is 11.6. The Bertz CT molecular complexity index is 698. The fourth-order valence-electron chi connectivity index (χ4n) is 3.03. The highest BCUT2D eigenvalue weighted by Gasteiger charge is 2.29. The molecule has 1 N–H and O–H groups in total. The Balaban J connectivity index is 1.59. The molecule has 0 spiro atoms. The molecule has 2 aromatic heterocycles. The van der Waals surface area contributed by atoms with Crippen molar-refractivity contribution >= 4 is 17.2 Å². The summed E-state index contributed by atoms with van der Waals surface area (Å²) in [5, 5.41) is 13.9. The Hall–Kier alpha value is -1.80. The number of H-pyrrole nitrogens is 1. The van der Waals surface area contributed by atoms with Crippen LogP contribution in [0.25, 0.3) is 0 Å². The van der Waals surface area contributed by atoms with Crippen molar-refractivity contribution in [2.24, 2.45) is 5.92 Å². The molecule has 1 aliphatic rings. The summed E-state index contributed by atoms with van der Waals surface area (Å²) >= 11 is 1.58. The number of fused-ring (bicyclic) bond motifs is 1. The van der Waals surface area contributed by atoms with Gasteiger partial charge in [0.25, 0.3) is 0 Å². The van der Waals surface area contributed by atoms with Crippen molar-refractivity contribution < 1.29 is 9.53 Å². The summed E-state index contributed by atoms with van der Waals surface area (Å²) in [5.41, 5.74) is 2.83. The van der Waals surface area contributed by atoms with Gasteiger partial charge in [-0.05, 0) is 26.7 Å². The largest absolute Gasteiger partial charge is 0.372 e. The number of aromatic nitrogens is 4. The predicted octanol–water partition coefficient (Wildman–Crippen LogP) is 2.12. The molecule has 24 heavy (non-hydrogen) atoms. The van der Waals surface area contributed by atoms with Crippen LogP contribution in [0.15, 0.2) is 5.38 Å². The molecule has 7 nitrogen and oxygen atoms in total. The second-order valence-corrected chi connectivity index (χ2v) is 7.02. The minimum Gasteiger partial charge on any atom is -0.372 e. The molecule has 0 bridgehead atoms. The lowest BCUT2D eigenvalue weighted by molar-refractivity contribution is -0.135. The van der Waals surface area contributed by atoms with Crippen molar-refractivity contribution in [1.29, 1.82) is 0 Å². The maximum Gasteiger partial charge on any atom is 0.226 e. The van der Waals surface area contributed by atoms with Gasteiger partial charge in [0.2, 0.25) is 5.91 Å². The number of nitrogens with one attached hydrogen (secondary N) is 1. The van der Waals surface area contributed by atoms with Crippen LogP contribution in [-0.4, -0.2) is 44.9 Å². The molecule has 0 saturated heterocycles. The fraction of sp³-hybridized carbons (Fsp3) is 0.625. The molecule has 8 heteroatoms. The quantitative estimate of drug-likeness (QED) is 0.863. The van der Waals surface area contributed by atoms with E-state index in [-0.39, 0.29) is 17.9 Å². The number of amides is 1. The van der Waals surface area contributed by atoms with Crippen molar-refractivity contribution in [3.63, 3.8) is 0 Å². The molecule has 0 fully saturated rings. The van der Waals surface area contributed by atoms with E-state index >= 15 is 0 Å². The van der Waals surface area contributed by atoms with Crippen LogP contribution in [0.1, 0.15) is 48.5 Å². The van der Waals surface area contributed by atoms with Gasteiger partial charge in [0.1, 0.15) is 11.1 Å². The molecule has 130 valence electrons. The van der Waals surface area contributed by atoms with Gasteiger partial charge in [0.15, 0.2) is 0 Å². The van der Waals surface area contributed by atoms with E-state index in [1.54, 1.807) is 16.2 Å². The maximum atomic E-state index is 12.7. The van der Waals surface area contributed by atoms with Crippen LogP contribution in [0.5, 0.6) is 0 Å². The lowest BCUT2D eigenvalue weighted by Gasteiger charge is -2.25. The normalized spacial score (nSPS) is 18.2. The fourth-order valence-corrected chi connectivity index (χ4v) is 3.85. The zero-order chi connectivity index (χ0) is 17.1. The van der Waals surface area contributed by atoms with Crippen molar-refractivity contribution in [2.45, 2.75) is 45.8 Å². The lowest BCUT2D eigenvalue weighted by Crippen LogP contribution is -2.35. The van der Waals surface area contributed by atoms with E-state index in [2.05, 4.69) is 20.4 Å². The van der Waals surface area contributed by atoms with Crippen LogP contribution in [0.4, 0.5) is 0 Å². The van der Waals surface area contributed by atoms with Crippen molar-refractivity contribution in [3.05, 3.63) is 27.5 Å². The standard InChI is InChI=1S/C16H23N5O2S/c1-4-23-10(2)15-17-12(9-24-15)8-21(3)16(22)11-5-6-13-14(7-11)19-20-18-13/h9-11H,4-8H2,1-3H3,(H,18,19,20). The molecule has 2 aromatic rings. The molecule has 0 saturated carbocycles. The van der Waals surface area contributed by atoms with Crippen LogP contribution in [0.3, 0.4) is 0 Å². The number of ether oxygens (including phenoxy) is 1. The number of nitrogens with zero attached hydrogens (tertiary/aromatic N) is 4. The van der Waals surface area contributed by atoms with E-state index in [9.17, 15) is 4.79 Å². The molecule has 2 atom stereocenters. The van der Waals surface area contributed by atoms with Crippen molar-refractivity contribution in [1.82, 2.24) is 25.3 Å². The first kappa shape index (κ1) is 17.0. The summed E-state index contributed by atoms with van der Waals surface area (Å²) in [6, 6.07) is 0. The zero-order valence-corrected chi connectivity index (χ0v) is 15.1. The molecule has 2 unspecified atom stereocenters. The number of aromatic amines is 1. The van der Waals surface area contributed by atoms with Gasteiger partial charge in [-0.15, -0.1) is 11.3 Å². The van der Waals surface area contributed by atoms with E-state index in [4.69, 9.17) is 4.74 Å². The van der Waals surface area contributed by atoms with Gasteiger partial charge in [-0.2, -0.15) is 15.4 Å². The molecule has 0 radical (unpaired) electrons. The molecule has 0 aromatic carbocycles. The van der Waals surface area contributed by atoms with Gasteiger partial charge < -0.3 is 9.64 Å². The summed E-state index contributed by atoms with van der Waals surface area (Å²) in [6.45, 7) is 5.16. The van der Waals surface area contributed by atoms with E-state index in [0.29, 0.717) is 19.6 Å². The molecule has 2 heterocycles. The molecule has 1 aliphatic carbocycles. The van der Waals surface area contributed by atoms with Crippen molar-refractivity contribution in [2.75, 3.05) is 13.7 Å². The summed E-state index contributed by atoms with van der Waals surface area (Å²) in [4.78, 5) is 19.1. The third kappa shape index (κ3) is 3.64. The highest BCUT2D eigenvalue weighted by molar-refractivity contribution is 7.09. The summed E-state index contributed by atoms with van der Waals surface area (Å²) in [5.74, 6) is 0.129. The number of thiazole rings is 1. The highest BCUT2D eigenvalue weighted by Crippen LogP contribution is 2.25. The minimum atomic E-state index is -0.0203. The van der Waals surface area contributed by atoms with Gasteiger partial charge in [-0.25, -0.2) is 4.98 Å². The molecule has 1 amide bonds. The van der Waals surface area contributed by atoms with Gasteiger partial charge >= 0.3 is 0 Å². The number of hydrogen-bond acceptors (Lipinski definition) is 6. The van der Waals surface area contributed by atoms with Gasteiger partial charge in [-0.3, -0.25) is 4.79 Å². The number of rotatable bonds is 6. The summed E-state index contributed by atoms with van der Waals surface area (Å²) < 4.78 is 5.57. The molecule has 0 aliphatic heterocycles. The van der Waals surface area contributed by atoms with E-state index in [1.807, 2.05) is 26.3 Å². The highest BCUT2D eigenvalue weighted by atomic mass is 32.1. The first-order valence-electron chi connectivity index (χ1n) is 8.27. The van der Waals surface area contributed by atoms with Crippen molar-refractivity contribution in [3.8, 4) is 0 Å². The molecule has 3 rings (SSSR count). The Labute approximate surface area is 145 Å². The second-order valence-electron chi connectivity index (χ2n) is 6.13. The SMILES string of the molecule is CCOC(C)c1nc(CN(C)C(=O)C2CCc3n[nH]nc3C2)cs1. The van der Waals surface area contributed by atoms with Crippen LogP contribution in [0.2, 0.25) is 0 Å². The van der Waals surface area contributed by atoms with E-state index in [0.717, 1.165) is 34.9 Å². The third-order valence-corrected chi connectivity index (χ3v) is 5.39. The topological polar surface area (TPSA) is 84.0 Å². The Morgan fingerprint density at radius 1 is 1.50 bits per heavy atom.